The van der Waals surface area contributed by atoms with Crippen molar-refractivity contribution in [2.75, 3.05) is 20.3 Å². The normalized spacial score (nSPS) is 10.4. The maximum Gasteiger partial charge on any atom is 0.305 e. The Hall–Kier alpha value is -1.53. The van der Waals surface area contributed by atoms with Gasteiger partial charge in [-0.1, -0.05) is 12.1 Å². The Labute approximate surface area is 92.4 Å². The number of halogens is 1. The maximum atomic E-state index is 13.5. The van der Waals surface area contributed by atoms with Crippen LogP contribution in [-0.4, -0.2) is 25.2 Å². The van der Waals surface area contributed by atoms with E-state index in [2.05, 4.69) is 5.32 Å². The Morgan fingerprint density at radius 2 is 2.31 bits per heavy atom. The molecule has 0 aliphatic heterocycles. The summed E-state index contributed by atoms with van der Waals surface area (Å²) in [5, 5.41) is 13.4. The Morgan fingerprint density at radius 1 is 1.56 bits per heavy atom. The van der Waals surface area contributed by atoms with Gasteiger partial charge in [-0.3, -0.25) is 10.1 Å². The van der Waals surface area contributed by atoms with Crippen molar-refractivity contribution in [1.82, 2.24) is 5.32 Å². The van der Waals surface area contributed by atoms with Crippen molar-refractivity contribution in [2.24, 2.45) is 0 Å². The van der Waals surface area contributed by atoms with Crippen LogP contribution in [0.3, 0.4) is 0 Å². The van der Waals surface area contributed by atoms with E-state index in [1.807, 2.05) is 0 Å². The summed E-state index contributed by atoms with van der Waals surface area (Å²) in [6, 6.07) is 4.13. The van der Waals surface area contributed by atoms with E-state index in [1.165, 1.54) is 12.1 Å². The molecule has 0 atom stereocenters. The zero-order valence-corrected chi connectivity index (χ0v) is 8.90. The van der Waals surface area contributed by atoms with E-state index in [4.69, 9.17) is 4.74 Å². The second-order valence-electron chi connectivity index (χ2n) is 3.18. The van der Waals surface area contributed by atoms with Gasteiger partial charge in [-0.2, -0.15) is 4.39 Å². The molecule has 0 saturated heterocycles. The minimum Gasteiger partial charge on any atom is -0.383 e. The molecule has 0 fully saturated rings. The molecule has 0 spiro atoms. The monoisotopic (exact) mass is 228 g/mol. The molecular formula is C10H13FN2O3. The number of nitrogens with zero attached hydrogens (tertiary/aromatic N) is 1. The number of benzene rings is 1. The molecule has 0 aliphatic rings. The highest BCUT2D eigenvalue weighted by atomic mass is 19.1. The van der Waals surface area contributed by atoms with E-state index >= 15 is 0 Å². The summed E-state index contributed by atoms with van der Waals surface area (Å²) in [6.45, 7) is 1.33. The van der Waals surface area contributed by atoms with Gasteiger partial charge in [0.2, 0.25) is 5.82 Å². The number of ether oxygens (including phenoxy) is 1. The smallest absolute Gasteiger partial charge is 0.305 e. The van der Waals surface area contributed by atoms with Gasteiger partial charge in [-0.25, -0.2) is 0 Å². The van der Waals surface area contributed by atoms with Crippen molar-refractivity contribution in [1.29, 1.82) is 0 Å². The summed E-state index contributed by atoms with van der Waals surface area (Å²) in [5.41, 5.74) is -0.212. The van der Waals surface area contributed by atoms with E-state index < -0.39 is 16.4 Å². The highest BCUT2D eigenvalue weighted by molar-refractivity contribution is 5.36. The third-order valence-corrected chi connectivity index (χ3v) is 2.05. The minimum absolute atomic E-state index is 0.247. The van der Waals surface area contributed by atoms with E-state index in [0.29, 0.717) is 13.2 Å². The predicted octanol–water partition coefficient (Wildman–Crippen LogP) is 1.47. The topological polar surface area (TPSA) is 64.4 Å². The molecule has 0 amide bonds. The lowest BCUT2D eigenvalue weighted by atomic mass is 10.2. The van der Waals surface area contributed by atoms with E-state index in [-0.39, 0.29) is 12.1 Å². The van der Waals surface area contributed by atoms with Crippen molar-refractivity contribution in [3.8, 4) is 0 Å². The van der Waals surface area contributed by atoms with Gasteiger partial charge in [0.05, 0.1) is 11.5 Å². The summed E-state index contributed by atoms with van der Waals surface area (Å²) < 4.78 is 18.3. The third kappa shape index (κ3) is 3.25. The zero-order chi connectivity index (χ0) is 12.0. The van der Waals surface area contributed by atoms with Gasteiger partial charge < -0.3 is 10.1 Å². The van der Waals surface area contributed by atoms with Crippen molar-refractivity contribution in [3.63, 3.8) is 0 Å². The average molecular weight is 228 g/mol. The van der Waals surface area contributed by atoms with Crippen LogP contribution < -0.4 is 5.32 Å². The number of methoxy groups -OCH3 is 1. The van der Waals surface area contributed by atoms with Gasteiger partial charge in [0, 0.05) is 31.8 Å². The molecule has 0 saturated carbocycles. The fourth-order valence-corrected chi connectivity index (χ4v) is 1.24. The van der Waals surface area contributed by atoms with Gasteiger partial charge in [-0.05, 0) is 0 Å². The van der Waals surface area contributed by atoms with Crippen LogP contribution in [0.15, 0.2) is 18.2 Å². The van der Waals surface area contributed by atoms with Gasteiger partial charge in [0.1, 0.15) is 0 Å². The van der Waals surface area contributed by atoms with Gasteiger partial charge >= 0.3 is 5.69 Å². The fourth-order valence-electron chi connectivity index (χ4n) is 1.24. The van der Waals surface area contributed by atoms with E-state index in [0.717, 1.165) is 6.07 Å². The van der Waals surface area contributed by atoms with Crippen LogP contribution in [0.4, 0.5) is 10.1 Å². The highest BCUT2D eigenvalue weighted by Crippen LogP contribution is 2.19. The predicted molar refractivity (Wildman–Crippen MR) is 56.6 cm³/mol. The Balaban J connectivity index is 2.66. The second-order valence-corrected chi connectivity index (χ2v) is 3.18. The average Bonchev–Trinajstić information content (AvgIpc) is 2.26. The van der Waals surface area contributed by atoms with Gasteiger partial charge in [0.25, 0.3) is 0 Å². The number of hydrogen-bond donors (Lipinski definition) is 1. The number of nitrogens with one attached hydrogen (secondary N) is 1. The molecule has 0 aliphatic carbocycles. The van der Waals surface area contributed by atoms with Gasteiger partial charge in [0.15, 0.2) is 0 Å². The molecule has 1 rings (SSSR count). The largest absolute Gasteiger partial charge is 0.383 e. The summed E-state index contributed by atoms with van der Waals surface area (Å²) in [6.07, 6.45) is 0. The van der Waals surface area contributed by atoms with Crippen LogP contribution >= 0.6 is 0 Å². The van der Waals surface area contributed by atoms with Crippen LogP contribution in [0, 0.1) is 15.9 Å². The number of nitro groups is 1. The lowest BCUT2D eigenvalue weighted by Gasteiger charge is -2.05. The molecule has 0 radical (unpaired) electrons. The molecule has 6 heteroatoms. The van der Waals surface area contributed by atoms with E-state index in [9.17, 15) is 14.5 Å². The lowest BCUT2D eigenvalue weighted by Crippen LogP contribution is -2.19. The third-order valence-electron chi connectivity index (χ3n) is 2.05. The number of hydrogen-bond acceptors (Lipinski definition) is 4. The Kier molecular flexibility index (Phi) is 4.81. The SMILES string of the molecule is COCCNCc1cccc([N+](=O)[O-])c1F. The van der Waals surface area contributed by atoms with Crippen molar-refractivity contribution >= 4 is 5.69 Å². The van der Waals surface area contributed by atoms with Crippen molar-refractivity contribution < 1.29 is 14.1 Å². The molecule has 5 nitrogen and oxygen atoms in total. The van der Waals surface area contributed by atoms with Crippen molar-refractivity contribution in [3.05, 3.63) is 39.7 Å². The standard InChI is InChI=1S/C10H13FN2O3/c1-16-6-5-12-7-8-3-2-4-9(10(8)11)13(14)15/h2-4,12H,5-7H2,1H3. The second kappa shape index (κ2) is 6.14. The first-order chi connectivity index (χ1) is 7.66. The first kappa shape index (κ1) is 12.5. The van der Waals surface area contributed by atoms with Gasteiger partial charge in [-0.15, -0.1) is 0 Å². The van der Waals surface area contributed by atoms with Crippen molar-refractivity contribution in [2.45, 2.75) is 6.54 Å². The highest BCUT2D eigenvalue weighted by Gasteiger charge is 2.16. The first-order valence-corrected chi connectivity index (χ1v) is 4.78. The van der Waals surface area contributed by atoms with E-state index in [1.54, 1.807) is 7.11 Å². The molecule has 0 bridgehead atoms. The van der Waals surface area contributed by atoms with Crippen LogP contribution in [0.25, 0.3) is 0 Å². The number of rotatable bonds is 6. The zero-order valence-electron chi connectivity index (χ0n) is 8.90. The molecule has 0 unspecified atom stereocenters. The quantitative estimate of drug-likeness (QED) is 0.455. The van der Waals surface area contributed by atoms with Crippen LogP contribution in [0.2, 0.25) is 0 Å². The minimum atomic E-state index is -0.780. The Morgan fingerprint density at radius 3 is 2.94 bits per heavy atom. The molecule has 1 aromatic rings. The maximum absolute atomic E-state index is 13.5. The summed E-state index contributed by atoms with van der Waals surface area (Å²) in [4.78, 5) is 9.75. The summed E-state index contributed by atoms with van der Waals surface area (Å²) in [5.74, 6) is -0.780. The summed E-state index contributed by atoms with van der Waals surface area (Å²) in [7, 11) is 1.57. The molecule has 88 valence electrons. The molecule has 0 heterocycles. The number of nitro benzene ring substituents is 1. The molecule has 16 heavy (non-hydrogen) atoms. The molecular weight excluding hydrogens is 215 g/mol. The molecule has 1 N–H and O–H groups in total. The van der Waals surface area contributed by atoms with Crippen LogP contribution in [0.1, 0.15) is 5.56 Å². The Bertz CT molecular complexity index is 371. The fraction of sp³-hybridized carbons (Fsp3) is 0.400. The first-order valence-electron chi connectivity index (χ1n) is 4.78. The lowest BCUT2D eigenvalue weighted by molar-refractivity contribution is -0.387. The molecule has 0 aromatic heterocycles. The molecule has 1 aromatic carbocycles. The van der Waals surface area contributed by atoms with Crippen LogP contribution in [0.5, 0.6) is 0 Å². The summed E-state index contributed by atoms with van der Waals surface area (Å²) >= 11 is 0. The van der Waals surface area contributed by atoms with Crippen LogP contribution in [-0.2, 0) is 11.3 Å².